The molecule has 1 aliphatic heterocycles. The Hall–Kier alpha value is -1.50. The molecule has 1 heterocycles. The van der Waals surface area contributed by atoms with Crippen LogP contribution in [-0.2, 0) is 9.53 Å². The van der Waals surface area contributed by atoms with Gasteiger partial charge in [0.2, 0.25) is 5.91 Å². The second kappa shape index (κ2) is 7.49. The first-order chi connectivity index (χ1) is 10.1. The molecule has 1 aromatic carbocycles. The molecule has 0 aliphatic carbocycles. The van der Waals surface area contributed by atoms with Crippen LogP contribution < -0.4 is 5.32 Å². The average molecular weight is 296 g/mol. The molecule has 0 radical (unpaired) electrons. The number of aliphatic hydroxyl groups excluding tert-OH is 1. The largest absolute Gasteiger partial charge is 0.394 e. The second-order valence-corrected chi connectivity index (χ2v) is 5.32. The van der Waals surface area contributed by atoms with Crippen molar-refractivity contribution in [2.45, 2.75) is 25.6 Å². The quantitative estimate of drug-likeness (QED) is 0.858. The number of carbonyl (C=O) groups excluding carboxylic acids is 1. The zero-order chi connectivity index (χ0) is 15.2. The molecule has 1 saturated heterocycles. The molecule has 21 heavy (non-hydrogen) atoms. The Morgan fingerprint density at radius 2 is 2.33 bits per heavy atom. The fourth-order valence-electron chi connectivity index (χ4n) is 2.47. The average Bonchev–Trinajstić information content (AvgIpc) is 2.44. The third-order valence-corrected chi connectivity index (χ3v) is 3.37. The number of benzene rings is 1. The van der Waals surface area contributed by atoms with Crippen molar-refractivity contribution in [1.29, 1.82) is 0 Å². The van der Waals surface area contributed by atoms with E-state index >= 15 is 0 Å². The van der Waals surface area contributed by atoms with Gasteiger partial charge >= 0.3 is 0 Å². The molecule has 6 heteroatoms. The molecule has 2 N–H and O–H groups in total. The number of nitrogens with zero attached hydrogens (tertiary/aromatic N) is 1. The maximum absolute atomic E-state index is 13.0. The van der Waals surface area contributed by atoms with Crippen molar-refractivity contribution in [3.05, 3.63) is 30.1 Å². The van der Waals surface area contributed by atoms with E-state index in [4.69, 9.17) is 9.84 Å². The third kappa shape index (κ3) is 5.08. The van der Waals surface area contributed by atoms with Gasteiger partial charge in [0, 0.05) is 31.7 Å². The Morgan fingerprint density at radius 3 is 3.05 bits per heavy atom. The number of aliphatic hydroxyl groups is 1. The maximum atomic E-state index is 13.0. The Kier molecular flexibility index (Phi) is 5.67. The van der Waals surface area contributed by atoms with Gasteiger partial charge in [0.1, 0.15) is 5.82 Å². The predicted octanol–water partition coefficient (Wildman–Crippen LogP) is 1.24. The first-order valence-electron chi connectivity index (χ1n) is 7.11. The van der Waals surface area contributed by atoms with Crippen LogP contribution in [0.15, 0.2) is 24.3 Å². The van der Waals surface area contributed by atoms with Gasteiger partial charge in [0.15, 0.2) is 0 Å². The van der Waals surface area contributed by atoms with E-state index in [9.17, 15) is 9.18 Å². The minimum absolute atomic E-state index is 0.0175. The summed E-state index contributed by atoms with van der Waals surface area (Å²) in [7, 11) is 0. The topological polar surface area (TPSA) is 61.8 Å². The Labute approximate surface area is 123 Å². The Bertz CT molecular complexity index is 484. The van der Waals surface area contributed by atoms with Crippen molar-refractivity contribution in [3.8, 4) is 0 Å². The maximum Gasteiger partial charge on any atom is 0.225 e. The number of amides is 1. The van der Waals surface area contributed by atoms with Crippen LogP contribution in [0.25, 0.3) is 0 Å². The van der Waals surface area contributed by atoms with Crippen molar-refractivity contribution in [3.63, 3.8) is 0 Å². The van der Waals surface area contributed by atoms with Gasteiger partial charge in [-0.1, -0.05) is 6.07 Å². The Balaban J connectivity index is 1.78. The Morgan fingerprint density at radius 1 is 1.52 bits per heavy atom. The smallest absolute Gasteiger partial charge is 0.225 e. The van der Waals surface area contributed by atoms with E-state index in [-0.39, 0.29) is 30.5 Å². The van der Waals surface area contributed by atoms with Gasteiger partial charge in [-0.3, -0.25) is 9.69 Å². The highest BCUT2D eigenvalue weighted by molar-refractivity contribution is 5.90. The van der Waals surface area contributed by atoms with Crippen LogP contribution >= 0.6 is 0 Å². The van der Waals surface area contributed by atoms with Gasteiger partial charge < -0.3 is 15.2 Å². The van der Waals surface area contributed by atoms with Crippen molar-refractivity contribution >= 4 is 11.6 Å². The molecule has 5 nitrogen and oxygen atoms in total. The van der Waals surface area contributed by atoms with Crippen LogP contribution in [0, 0.1) is 5.82 Å². The summed E-state index contributed by atoms with van der Waals surface area (Å²) >= 11 is 0. The van der Waals surface area contributed by atoms with E-state index in [0.717, 1.165) is 6.54 Å². The van der Waals surface area contributed by atoms with Gasteiger partial charge in [0.05, 0.1) is 18.8 Å². The molecule has 116 valence electrons. The molecule has 1 aromatic rings. The number of morpholine rings is 1. The van der Waals surface area contributed by atoms with E-state index in [1.54, 1.807) is 12.1 Å². The van der Waals surface area contributed by atoms with E-state index in [2.05, 4.69) is 10.2 Å². The summed E-state index contributed by atoms with van der Waals surface area (Å²) in [4.78, 5) is 14.0. The van der Waals surface area contributed by atoms with E-state index in [1.807, 2.05) is 6.92 Å². The molecule has 2 atom stereocenters. The van der Waals surface area contributed by atoms with Crippen molar-refractivity contribution in [2.24, 2.45) is 0 Å². The summed E-state index contributed by atoms with van der Waals surface area (Å²) in [6.45, 7) is 3.88. The third-order valence-electron chi connectivity index (χ3n) is 3.37. The number of hydrogen-bond donors (Lipinski definition) is 2. The molecule has 1 aliphatic rings. The fraction of sp³-hybridized carbons (Fsp3) is 0.533. The van der Waals surface area contributed by atoms with E-state index in [1.165, 1.54) is 12.1 Å². The molecule has 2 rings (SSSR count). The standard InChI is InChI=1S/C15H21FN2O3/c1-11-8-18(9-14(10-19)21-11)6-5-15(20)17-13-4-2-3-12(16)7-13/h2-4,7,11,14,19H,5-6,8-10H2,1H3,(H,17,20). The molecule has 0 saturated carbocycles. The van der Waals surface area contributed by atoms with Crippen molar-refractivity contribution < 1.29 is 19.0 Å². The number of ether oxygens (including phenoxy) is 1. The molecule has 2 unspecified atom stereocenters. The zero-order valence-electron chi connectivity index (χ0n) is 12.1. The van der Waals surface area contributed by atoms with Gasteiger partial charge in [-0.05, 0) is 25.1 Å². The number of nitrogens with one attached hydrogen (secondary N) is 1. The SMILES string of the molecule is CC1CN(CCC(=O)Nc2cccc(F)c2)CC(CO)O1. The van der Waals surface area contributed by atoms with Crippen LogP contribution in [0.5, 0.6) is 0 Å². The predicted molar refractivity (Wildman–Crippen MR) is 77.5 cm³/mol. The number of rotatable bonds is 5. The van der Waals surface area contributed by atoms with Crippen LogP contribution in [0.2, 0.25) is 0 Å². The summed E-state index contributed by atoms with van der Waals surface area (Å²) in [5, 5.41) is 11.8. The number of anilines is 1. The molecular formula is C15H21FN2O3. The van der Waals surface area contributed by atoms with Crippen molar-refractivity contribution in [1.82, 2.24) is 4.90 Å². The van der Waals surface area contributed by atoms with Gasteiger partial charge in [0.25, 0.3) is 0 Å². The molecule has 1 fully saturated rings. The highest BCUT2D eigenvalue weighted by Crippen LogP contribution is 2.12. The minimum Gasteiger partial charge on any atom is -0.394 e. The zero-order valence-corrected chi connectivity index (χ0v) is 12.1. The summed E-state index contributed by atoms with van der Waals surface area (Å²) in [5.74, 6) is -0.527. The van der Waals surface area contributed by atoms with E-state index < -0.39 is 0 Å². The molecule has 0 bridgehead atoms. The summed E-state index contributed by atoms with van der Waals surface area (Å²) in [6, 6.07) is 5.83. The summed E-state index contributed by atoms with van der Waals surface area (Å²) < 4.78 is 18.6. The highest BCUT2D eigenvalue weighted by atomic mass is 19.1. The molecule has 0 spiro atoms. The summed E-state index contributed by atoms with van der Waals surface area (Å²) in [6.07, 6.45) is 0.170. The lowest BCUT2D eigenvalue weighted by Crippen LogP contribution is -2.48. The van der Waals surface area contributed by atoms with Crippen molar-refractivity contribution in [2.75, 3.05) is 31.6 Å². The first-order valence-corrected chi connectivity index (χ1v) is 7.11. The second-order valence-electron chi connectivity index (χ2n) is 5.32. The first kappa shape index (κ1) is 15.9. The number of hydrogen-bond acceptors (Lipinski definition) is 4. The molecule has 1 amide bonds. The van der Waals surface area contributed by atoms with Crippen LogP contribution in [0.3, 0.4) is 0 Å². The lowest BCUT2D eigenvalue weighted by molar-refractivity contribution is -0.118. The number of carbonyl (C=O) groups is 1. The number of halogens is 1. The lowest BCUT2D eigenvalue weighted by Gasteiger charge is -2.35. The van der Waals surface area contributed by atoms with Crippen LogP contribution in [0.1, 0.15) is 13.3 Å². The van der Waals surface area contributed by atoms with Gasteiger partial charge in [-0.15, -0.1) is 0 Å². The molecule has 0 aromatic heterocycles. The lowest BCUT2D eigenvalue weighted by atomic mass is 10.2. The fourth-order valence-corrected chi connectivity index (χ4v) is 2.47. The highest BCUT2D eigenvalue weighted by Gasteiger charge is 2.24. The normalized spacial score (nSPS) is 23.0. The van der Waals surface area contributed by atoms with E-state index in [0.29, 0.717) is 25.2 Å². The van der Waals surface area contributed by atoms with Crippen LogP contribution in [0.4, 0.5) is 10.1 Å². The summed E-state index contributed by atoms with van der Waals surface area (Å²) in [5.41, 5.74) is 0.462. The van der Waals surface area contributed by atoms with Gasteiger partial charge in [-0.25, -0.2) is 4.39 Å². The van der Waals surface area contributed by atoms with Crippen LogP contribution in [-0.4, -0.2) is 54.4 Å². The van der Waals surface area contributed by atoms with Gasteiger partial charge in [-0.2, -0.15) is 0 Å². The molecular weight excluding hydrogens is 275 g/mol. The monoisotopic (exact) mass is 296 g/mol. The minimum atomic E-state index is -0.374.